The summed E-state index contributed by atoms with van der Waals surface area (Å²) in [5.74, 6) is 0.719. The van der Waals surface area contributed by atoms with E-state index in [-0.39, 0.29) is 11.8 Å². The third-order valence-corrected chi connectivity index (χ3v) is 2.79. The van der Waals surface area contributed by atoms with Crippen LogP contribution in [0, 0.1) is 0 Å². The van der Waals surface area contributed by atoms with Gasteiger partial charge in [-0.2, -0.15) is 5.10 Å². The molecular weight excluding hydrogens is 266 g/mol. The molecule has 0 saturated carbocycles. The van der Waals surface area contributed by atoms with Crippen molar-refractivity contribution >= 4 is 23.8 Å². The molecule has 0 atom stereocenters. The highest BCUT2D eigenvalue weighted by atomic mass is 35.5. The van der Waals surface area contributed by atoms with Crippen molar-refractivity contribution in [3.05, 3.63) is 29.8 Å². The number of amides is 2. The van der Waals surface area contributed by atoms with Crippen LogP contribution in [0.3, 0.4) is 0 Å². The summed E-state index contributed by atoms with van der Waals surface area (Å²) >= 11 is 5.56. The summed E-state index contributed by atoms with van der Waals surface area (Å²) in [5.41, 5.74) is 2.95. The molecule has 0 radical (unpaired) electrons. The number of hydrogen-bond donors (Lipinski definition) is 2. The predicted octanol–water partition coefficient (Wildman–Crippen LogP) is 2.39. The maximum Gasteiger partial charge on any atom is 0.337 e. The summed E-state index contributed by atoms with van der Waals surface area (Å²) < 4.78 is 0. The van der Waals surface area contributed by atoms with Gasteiger partial charge in [0.15, 0.2) is 0 Å². The lowest BCUT2D eigenvalue weighted by molar-refractivity contribution is 0.209. The Hall–Kier alpha value is -1.75. The largest absolute Gasteiger partial charge is 0.507 e. The summed E-state index contributed by atoms with van der Waals surface area (Å²) in [6.07, 6.45) is 3.14. The lowest BCUT2D eigenvalue weighted by Gasteiger charge is -2.15. The van der Waals surface area contributed by atoms with E-state index < -0.39 is 0 Å². The van der Waals surface area contributed by atoms with Crippen LogP contribution in [0.25, 0.3) is 0 Å². The lowest BCUT2D eigenvalue weighted by Crippen LogP contribution is -2.35. The minimum atomic E-state index is -0.291. The Morgan fingerprint density at radius 2 is 2.21 bits per heavy atom. The first-order valence-electron chi connectivity index (χ1n) is 6.03. The number of hydrazone groups is 1. The second kappa shape index (κ2) is 8.37. The Bertz CT molecular complexity index is 438. The first-order chi connectivity index (χ1) is 9.15. The van der Waals surface area contributed by atoms with Gasteiger partial charge >= 0.3 is 6.03 Å². The number of hydrogen-bond acceptors (Lipinski definition) is 3. The van der Waals surface area contributed by atoms with Gasteiger partial charge in [-0.3, -0.25) is 0 Å². The summed E-state index contributed by atoms with van der Waals surface area (Å²) in [6, 6.07) is 6.47. The van der Waals surface area contributed by atoms with E-state index in [1.165, 1.54) is 11.1 Å². The van der Waals surface area contributed by atoms with E-state index >= 15 is 0 Å². The van der Waals surface area contributed by atoms with Gasteiger partial charge in [-0.15, -0.1) is 11.6 Å². The SMILES string of the molecule is CN(CCCCCl)C(=O)N/N=C/c1ccccc1O. The van der Waals surface area contributed by atoms with Crippen molar-refractivity contribution in [2.75, 3.05) is 19.5 Å². The average Bonchev–Trinajstić information content (AvgIpc) is 2.41. The number of carbonyl (C=O) groups is 1. The highest BCUT2D eigenvalue weighted by Crippen LogP contribution is 2.12. The van der Waals surface area contributed by atoms with Crippen LogP contribution in [0.4, 0.5) is 4.79 Å². The molecule has 2 amide bonds. The molecule has 0 spiro atoms. The average molecular weight is 284 g/mol. The van der Waals surface area contributed by atoms with Gasteiger partial charge in [-0.05, 0) is 25.0 Å². The van der Waals surface area contributed by atoms with Crippen LogP contribution in [0.1, 0.15) is 18.4 Å². The Morgan fingerprint density at radius 1 is 1.47 bits per heavy atom. The number of alkyl halides is 1. The zero-order chi connectivity index (χ0) is 14.1. The van der Waals surface area contributed by atoms with E-state index in [9.17, 15) is 9.90 Å². The molecule has 0 aliphatic rings. The number of halogens is 1. The zero-order valence-electron chi connectivity index (χ0n) is 10.8. The van der Waals surface area contributed by atoms with Crippen molar-refractivity contribution in [2.24, 2.45) is 5.10 Å². The molecule has 1 aromatic carbocycles. The van der Waals surface area contributed by atoms with Gasteiger partial charge < -0.3 is 10.0 Å². The first-order valence-corrected chi connectivity index (χ1v) is 6.56. The van der Waals surface area contributed by atoms with Crippen molar-refractivity contribution < 1.29 is 9.90 Å². The van der Waals surface area contributed by atoms with Crippen molar-refractivity contribution in [3.63, 3.8) is 0 Å². The predicted molar refractivity (Wildman–Crippen MR) is 76.8 cm³/mol. The highest BCUT2D eigenvalue weighted by molar-refractivity contribution is 6.17. The number of benzene rings is 1. The molecule has 0 fully saturated rings. The fourth-order valence-electron chi connectivity index (χ4n) is 1.38. The molecule has 0 saturated heterocycles. The highest BCUT2D eigenvalue weighted by Gasteiger charge is 2.05. The van der Waals surface area contributed by atoms with Crippen LogP contribution in [0.5, 0.6) is 5.75 Å². The molecule has 0 heterocycles. The Labute approximate surface area is 117 Å². The Kier molecular flexibility index (Phi) is 6.74. The zero-order valence-corrected chi connectivity index (χ0v) is 11.6. The Balaban J connectivity index is 2.39. The number of unbranched alkanes of at least 4 members (excludes halogenated alkanes) is 1. The molecule has 6 heteroatoms. The van der Waals surface area contributed by atoms with Gasteiger partial charge in [0.05, 0.1) is 6.21 Å². The number of carbonyl (C=O) groups excluding carboxylic acids is 1. The Morgan fingerprint density at radius 3 is 2.89 bits per heavy atom. The number of urea groups is 1. The van der Waals surface area contributed by atoms with E-state index in [4.69, 9.17) is 11.6 Å². The molecule has 0 aliphatic heterocycles. The quantitative estimate of drug-likeness (QED) is 0.364. The molecule has 1 rings (SSSR count). The molecule has 0 aliphatic carbocycles. The first kappa shape index (κ1) is 15.3. The third-order valence-electron chi connectivity index (χ3n) is 2.52. The van der Waals surface area contributed by atoms with Crippen LogP contribution in [0.2, 0.25) is 0 Å². The molecule has 2 N–H and O–H groups in total. The molecule has 104 valence electrons. The van der Waals surface area contributed by atoms with Crippen LogP contribution in [-0.4, -0.2) is 41.7 Å². The number of para-hydroxylation sites is 1. The topological polar surface area (TPSA) is 64.9 Å². The van der Waals surface area contributed by atoms with Crippen molar-refractivity contribution in [1.29, 1.82) is 0 Å². The van der Waals surface area contributed by atoms with E-state index in [1.54, 1.807) is 31.3 Å². The number of phenolic OH excluding ortho intramolecular Hbond substituents is 1. The molecular formula is C13H18ClN3O2. The number of nitrogens with one attached hydrogen (secondary N) is 1. The molecule has 1 aromatic rings. The van der Waals surface area contributed by atoms with Crippen LogP contribution in [-0.2, 0) is 0 Å². The van der Waals surface area contributed by atoms with Gasteiger partial charge in [0.1, 0.15) is 5.75 Å². The minimum Gasteiger partial charge on any atom is -0.507 e. The summed E-state index contributed by atoms with van der Waals surface area (Å²) in [4.78, 5) is 13.2. The second-order valence-electron chi connectivity index (χ2n) is 4.05. The standard InChI is InChI=1S/C13H18ClN3O2/c1-17(9-5-4-8-14)13(19)16-15-10-11-6-2-3-7-12(11)18/h2-3,6-7,10,18H,4-5,8-9H2,1H3,(H,16,19)/b15-10+. The minimum absolute atomic E-state index is 0.121. The second-order valence-corrected chi connectivity index (χ2v) is 4.43. The molecule has 0 unspecified atom stereocenters. The normalized spacial score (nSPS) is 10.6. The summed E-state index contributed by atoms with van der Waals surface area (Å²) in [7, 11) is 1.69. The number of phenols is 1. The lowest BCUT2D eigenvalue weighted by atomic mass is 10.2. The molecule has 19 heavy (non-hydrogen) atoms. The fourth-order valence-corrected chi connectivity index (χ4v) is 1.57. The van der Waals surface area contributed by atoms with Gasteiger partial charge in [0.2, 0.25) is 0 Å². The van der Waals surface area contributed by atoms with Crippen molar-refractivity contribution in [1.82, 2.24) is 10.3 Å². The monoisotopic (exact) mass is 283 g/mol. The van der Waals surface area contributed by atoms with Crippen molar-refractivity contribution in [3.8, 4) is 5.75 Å². The van der Waals surface area contributed by atoms with Gasteiger partial charge in [0, 0.05) is 25.0 Å². The summed E-state index contributed by atoms with van der Waals surface area (Å²) in [6.45, 7) is 0.630. The molecule has 0 bridgehead atoms. The number of nitrogens with zero attached hydrogens (tertiary/aromatic N) is 2. The smallest absolute Gasteiger partial charge is 0.337 e. The van der Waals surface area contributed by atoms with Crippen molar-refractivity contribution in [2.45, 2.75) is 12.8 Å². The van der Waals surface area contributed by atoms with E-state index in [2.05, 4.69) is 10.5 Å². The number of rotatable bonds is 6. The molecule has 0 aromatic heterocycles. The van der Waals surface area contributed by atoms with Crippen LogP contribution < -0.4 is 5.43 Å². The molecule has 5 nitrogen and oxygen atoms in total. The number of aromatic hydroxyl groups is 1. The van der Waals surface area contributed by atoms with E-state index in [0.717, 1.165) is 12.8 Å². The van der Waals surface area contributed by atoms with Crippen LogP contribution >= 0.6 is 11.6 Å². The fraction of sp³-hybridized carbons (Fsp3) is 0.385. The maximum atomic E-state index is 11.6. The van der Waals surface area contributed by atoms with E-state index in [0.29, 0.717) is 18.0 Å². The van der Waals surface area contributed by atoms with Gasteiger partial charge in [0.25, 0.3) is 0 Å². The van der Waals surface area contributed by atoms with Gasteiger partial charge in [-0.1, -0.05) is 12.1 Å². The van der Waals surface area contributed by atoms with Crippen LogP contribution in [0.15, 0.2) is 29.4 Å². The third kappa shape index (κ3) is 5.61. The van der Waals surface area contributed by atoms with E-state index in [1.807, 2.05) is 0 Å². The maximum absolute atomic E-state index is 11.6. The van der Waals surface area contributed by atoms with Gasteiger partial charge in [-0.25, -0.2) is 10.2 Å². The summed E-state index contributed by atoms with van der Waals surface area (Å²) in [5, 5.41) is 13.3.